The summed E-state index contributed by atoms with van der Waals surface area (Å²) in [5.41, 5.74) is 2.36. The first-order chi connectivity index (χ1) is 8.25. The molecule has 4 heteroatoms. The Morgan fingerprint density at radius 1 is 1.53 bits per heavy atom. The molecule has 0 saturated heterocycles. The highest BCUT2D eigenvalue weighted by atomic mass is 79.9. The second kappa shape index (κ2) is 4.52. The van der Waals surface area contributed by atoms with E-state index in [1.165, 1.54) is 5.56 Å². The van der Waals surface area contributed by atoms with Crippen LogP contribution in [0.15, 0.2) is 34.2 Å². The number of pyridine rings is 1. The van der Waals surface area contributed by atoms with Gasteiger partial charge in [0.25, 0.3) is 0 Å². The summed E-state index contributed by atoms with van der Waals surface area (Å²) >= 11 is 5.02. The summed E-state index contributed by atoms with van der Waals surface area (Å²) in [4.78, 5) is 5.44. The number of aliphatic hydroxyl groups excluding tert-OH is 1. The van der Waals surface area contributed by atoms with Crippen LogP contribution in [0.1, 0.15) is 34.6 Å². The summed E-state index contributed by atoms with van der Waals surface area (Å²) in [7, 11) is 0. The third kappa shape index (κ3) is 2.05. The minimum Gasteiger partial charge on any atom is -0.387 e. The van der Waals surface area contributed by atoms with E-state index in [1.807, 2.05) is 23.7 Å². The van der Waals surface area contributed by atoms with Crippen LogP contribution in [-0.4, -0.2) is 10.1 Å². The molecular formula is C13H12BrNOS. The quantitative estimate of drug-likeness (QED) is 0.918. The monoisotopic (exact) mass is 309 g/mol. The van der Waals surface area contributed by atoms with E-state index in [0.29, 0.717) is 0 Å². The van der Waals surface area contributed by atoms with Crippen LogP contribution < -0.4 is 0 Å². The van der Waals surface area contributed by atoms with Gasteiger partial charge >= 0.3 is 0 Å². The summed E-state index contributed by atoms with van der Waals surface area (Å²) in [5, 5.41) is 12.4. The lowest BCUT2D eigenvalue weighted by Crippen LogP contribution is -2.07. The molecule has 0 spiro atoms. The minimum absolute atomic E-state index is 0.150. The maximum absolute atomic E-state index is 10.4. The van der Waals surface area contributed by atoms with E-state index < -0.39 is 6.10 Å². The number of fused-ring (bicyclic) bond motifs is 1. The fourth-order valence-electron chi connectivity index (χ4n) is 2.43. The van der Waals surface area contributed by atoms with Crippen molar-refractivity contribution < 1.29 is 5.11 Å². The van der Waals surface area contributed by atoms with Gasteiger partial charge in [0.2, 0.25) is 0 Å². The third-order valence-corrected chi connectivity index (χ3v) is 5.03. The number of aromatic nitrogens is 1. The van der Waals surface area contributed by atoms with Crippen molar-refractivity contribution in [1.82, 2.24) is 4.98 Å². The van der Waals surface area contributed by atoms with Crippen LogP contribution >= 0.6 is 27.3 Å². The summed E-state index contributed by atoms with van der Waals surface area (Å²) in [6, 6.07) is 6.07. The Bertz CT molecular complexity index is 540. The molecule has 1 N–H and O–H groups in total. The second-order valence-corrected chi connectivity index (χ2v) is 6.16. The first-order valence-corrected chi connectivity index (χ1v) is 7.29. The van der Waals surface area contributed by atoms with Crippen molar-refractivity contribution in [3.05, 3.63) is 50.4 Å². The zero-order valence-corrected chi connectivity index (χ0v) is 11.5. The maximum atomic E-state index is 10.4. The van der Waals surface area contributed by atoms with Gasteiger partial charge in [-0.3, -0.25) is 4.98 Å². The number of rotatable bonds is 2. The molecule has 2 aromatic heterocycles. The Morgan fingerprint density at radius 3 is 3.18 bits per heavy atom. The number of aryl methyl sites for hydroxylation is 1. The van der Waals surface area contributed by atoms with E-state index in [0.717, 1.165) is 27.9 Å². The standard InChI is InChI=1S/C13H12BrNOS/c14-9-6-11(17-7-9)13(16)10-4-3-8-2-1-5-15-12(8)10/h1-2,5-7,10,13,16H,3-4H2. The fraction of sp³-hybridized carbons (Fsp3) is 0.308. The predicted octanol–water partition coefficient (Wildman–Crippen LogP) is 3.67. The Hall–Kier alpha value is -0.710. The van der Waals surface area contributed by atoms with Crippen LogP contribution in [0.5, 0.6) is 0 Å². The first-order valence-electron chi connectivity index (χ1n) is 5.61. The van der Waals surface area contributed by atoms with E-state index in [4.69, 9.17) is 0 Å². The van der Waals surface area contributed by atoms with Crippen LogP contribution in [0.25, 0.3) is 0 Å². The largest absolute Gasteiger partial charge is 0.387 e. The topological polar surface area (TPSA) is 33.1 Å². The molecule has 0 fully saturated rings. The lowest BCUT2D eigenvalue weighted by molar-refractivity contribution is 0.147. The van der Waals surface area contributed by atoms with E-state index in [-0.39, 0.29) is 5.92 Å². The van der Waals surface area contributed by atoms with Crippen LogP contribution in [-0.2, 0) is 6.42 Å². The molecule has 2 nitrogen and oxygen atoms in total. The van der Waals surface area contributed by atoms with Gasteiger partial charge in [0.05, 0.1) is 6.10 Å². The van der Waals surface area contributed by atoms with Gasteiger partial charge in [-0.05, 0) is 46.5 Å². The van der Waals surface area contributed by atoms with Crippen molar-refractivity contribution in [3.8, 4) is 0 Å². The zero-order valence-electron chi connectivity index (χ0n) is 9.14. The van der Waals surface area contributed by atoms with Gasteiger partial charge in [0.1, 0.15) is 0 Å². The van der Waals surface area contributed by atoms with Crippen molar-refractivity contribution in [3.63, 3.8) is 0 Å². The molecule has 2 heterocycles. The molecule has 2 unspecified atom stereocenters. The average molecular weight is 310 g/mol. The highest BCUT2D eigenvalue weighted by Gasteiger charge is 2.31. The predicted molar refractivity (Wildman–Crippen MR) is 72.3 cm³/mol. The second-order valence-electron chi connectivity index (χ2n) is 4.31. The normalized spacial score (nSPS) is 20.2. The SMILES string of the molecule is OC(c1cc(Br)cs1)C1CCc2cccnc21. The van der Waals surface area contributed by atoms with Gasteiger partial charge in [-0.25, -0.2) is 0 Å². The van der Waals surface area contributed by atoms with Gasteiger partial charge in [0.15, 0.2) is 0 Å². The number of thiophene rings is 1. The Labute approximate surface area is 112 Å². The van der Waals surface area contributed by atoms with Crippen LogP contribution in [0.3, 0.4) is 0 Å². The third-order valence-electron chi connectivity index (χ3n) is 3.26. The summed E-state index contributed by atoms with van der Waals surface area (Å²) in [5.74, 6) is 0.150. The van der Waals surface area contributed by atoms with Gasteiger partial charge in [-0.15, -0.1) is 11.3 Å². The van der Waals surface area contributed by atoms with Crippen molar-refractivity contribution in [2.45, 2.75) is 24.9 Å². The molecule has 0 bridgehead atoms. The lowest BCUT2D eigenvalue weighted by Gasteiger charge is -2.16. The van der Waals surface area contributed by atoms with Crippen LogP contribution in [0.4, 0.5) is 0 Å². The van der Waals surface area contributed by atoms with E-state index >= 15 is 0 Å². The van der Waals surface area contributed by atoms with Crippen molar-refractivity contribution in [2.75, 3.05) is 0 Å². The molecule has 2 aromatic rings. The molecule has 17 heavy (non-hydrogen) atoms. The summed E-state index contributed by atoms with van der Waals surface area (Å²) in [6.07, 6.45) is 3.40. The highest BCUT2D eigenvalue weighted by molar-refractivity contribution is 9.10. The minimum atomic E-state index is -0.428. The Morgan fingerprint density at radius 2 is 2.41 bits per heavy atom. The molecule has 0 aromatic carbocycles. The average Bonchev–Trinajstić information content (AvgIpc) is 2.94. The van der Waals surface area contributed by atoms with E-state index in [1.54, 1.807) is 11.3 Å². The van der Waals surface area contributed by atoms with E-state index in [2.05, 4.69) is 27.0 Å². The van der Waals surface area contributed by atoms with Crippen molar-refractivity contribution in [2.24, 2.45) is 0 Å². The summed E-state index contributed by atoms with van der Waals surface area (Å²) < 4.78 is 1.04. The molecular weight excluding hydrogens is 298 g/mol. The molecule has 0 radical (unpaired) electrons. The number of halogens is 1. The first kappa shape index (κ1) is 11.4. The van der Waals surface area contributed by atoms with Crippen molar-refractivity contribution >= 4 is 27.3 Å². The molecule has 0 amide bonds. The fourth-order valence-corrected chi connectivity index (χ4v) is 3.93. The maximum Gasteiger partial charge on any atom is 0.0965 e. The molecule has 1 aliphatic rings. The molecule has 0 saturated carbocycles. The van der Waals surface area contributed by atoms with Gasteiger partial charge in [-0.2, -0.15) is 0 Å². The van der Waals surface area contributed by atoms with Gasteiger partial charge in [0, 0.05) is 32.5 Å². The number of hydrogen-bond acceptors (Lipinski definition) is 3. The number of aliphatic hydroxyl groups is 1. The molecule has 0 aliphatic heterocycles. The van der Waals surface area contributed by atoms with Gasteiger partial charge in [-0.1, -0.05) is 6.07 Å². The Kier molecular flexibility index (Phi) is 3.03. The van der Waals surface area contributed by atoms with Crippen LogP contribution in [0, 0.1) is 0 Å². The van der Waals surface area contributed by atoms with Crippen molar-refractivity contribution in [1.29, 1.82) is 0 Å². The lowest BCUT2D eigenvalue weighted by atomic mass is 9.98. The zero-order chi connectivity index (χ0) is 11.8. The van der Waals surface area contributed by atoms with E-state index in [9.17, 15) is 5.11 Å². The number of hydrogen-bond donors (Lipinski definition) is 1. The molecule has 2 atom stereocenters. The molecule has 1 aliphatic carbocycles. The smallest absolute Gasteiger partial charge is 0.0965 e. The van der Waals surface area contributed by atoms with Crippen LogP contribution in [0.2, 0.25) is 0 Å². The highest BCUT2D eigenvalue weighted by Crippen LogP contribution is 2.42. The number of nitrogens with zero attached hydrogens (tertiary/aromatic N) is 1. The Balaban J connectivity index is 1.92. The summed E-state index contributed by atoms with van der Waals surface area (Å²) in [6.45, 7) is 0. The molecule has 88 valence electrons. The molecule has 3 rings (SSSR count). The van der Waals surface area contributed by atoms with Gasteiger partial charge < -0.3 is 5.11 Å².